The number of rotatable bonds is 20. The number of carbonyl (C=O) groups is 5. The molecule has 0 aromatic carbocycles. The van der Waals surface area contributed by atoms with Crippen LogP contribution >= 0.6 is 0 Å². The van der Waals surface area contributed by atoms with Crippen molar-refractivity contribution in [3.05, 3.63) is 0 Å². The molecule has 51 heavy (non-hydrogen) atoms. The molecule has 0 heterocycles. The van der Waals surface area contributed by atoms with Gasteiger partial charge >= 0.3 is 11.9 Å². The topological polar surface area (TPSA) is 123 Å². The molecule has 2 saturated carbocycles. The largest absolute Gasteiger partial charge is 0.463 e. The Morgan fingerprint density at radius 2 is 0.902 bits per heavy atom. The first-order valence-corrected chi connectivity index (χ1v) is 19.1. The number of ether oxygens (including phenoxy) is 3. The van der Waals surface area contributed by atoms with Crippen molar-refractivity contribution in [2.45, 2.75) is 111 Å². The molecule has 2 rings (SSSR count). The first-order chi connectivity index (χ1) is 23.6. The smallest absolute Gasteiger partial charge is 0.309 e. The predicted molar refractivity (Wildman–Crippen MR) is 196 cm³/mol. The maximum absolute atomic E-state index is 13.4. The second-order valence-corrected chi connectivity index (χ2v) is 15.5. The molecule has 0 aromatic heterocycles. The molecule has 6 atom stereocenters. The summed E-state index contributed by atoms with van der Waals surface area (Å²) in [4.78, 5) is 67.8. The summed E-state index contributed by atoms with van der Waals surface area (Å²) in [6.45, 7) is 7.74. The Kier molecular flexibility index (Phi) is 25.4. The molecule has 11 nitrogen and oxygen atoms in total. The van der Waals surface area contributed by atoms with Gasteiger partial charge in [-0.3, -0.25) is 24.0 Å². The maximum atomic E-state index is 13.4. The fourth-order valence-corrected chi connectivity index (χ4v) is 7.34. The average molecular weight is 766 g/mol. The molecule has 0 bridgehead atoms. The summed E-state index contributed by atoms with van der Waals surface area (Å²) in [7, 11) is 10.3. The van der Waals surface area contributed by atoms with Crippen molar-refractivity contribution in [1.82, 2.24) is 14.7 Å². The Bertz CT molecular complexity index is 1020. The van der Waals surface area contributed by atoms with Crippen molar-refractivity contribution in [3.8, 4) is 0 Å². The van der Waals surface area contributed by atoms with Crippen LogP contribution in [-0.2, 0) is 55.3 Å². The Morgan fingerprint density at radius 3 is 1.33 bits per heavy atom. The van der Waals surface area contributed by atoms with Gasteiger partial charge in [0.2, 0.25) is 17.7 Å². The summed E-state index contributed by atoms with van der Waals surface area (Å²) in [5, 5.41) is 0. The Hall–Kier alpha value is -2.17. The Balaban J connectivity index is 0.00000380. The van der Waals surface area contributed by atoms with E-state index < -0.39 is 11.8 Å². The van der Waals surface area contributed by atoms with Crippen LogP contribution in [0.4, 0.5) is 0 Å². The molecule has 0 N–H and O–H groups in total. The Morgan fingerprint density at radius 1 is 0.510 bits per heavy atom. The van der Waals surface area contributed by atoms with Crippen LogP contribution in [-0.4, -0.2) is 113 Å². The molecule has 6 unspecified atom stereocenters. The molecule has 3 amide bonds. The monoisotopic (exact) mass is 765 g/mol. The van der Waals surface area contributed by atoms with E-state index in [9.17, 15) is 24.0 Å². The van der Waals surface area contributed by atoms with Gasteiger partial charge < -0.3 is 28.9 Å². The SMILES string of the molecule is C1CCCC1.CC(CC(C)C(=O)N(C)C)C(=O)OCCOCCOC(=O)C(CC(C)C(=O)N(C)C)CC(CC(C)C(=O)N(C)C)C1CCCC1.[Fe]. The molecule has 0 saturated heterocycles. The minimum Gasteiger partial charge on any atom is -0.463 e. The van der Waals surface area contributed by atoms with E-state index in [0.29, 0.717) is 31.6 Å². The second-order valence-electron chi connectivity index (χ2n) is 15.5. The van der Waals surface area contributed by atoms with Crippen LogP contribution in [0.5, 0.6) is 0 Å². The molecular formula is C39H71FeN3O8. The molecule has 2 aliphatic carbocycles. The molecule has 0 aromatic rings. The van der Waals surface area contributed by atoms with E-state index in [0.717, 1.165) is 25.7 Å². The zero-order valence-electron chi connectivity index (χ0n) is 33.5. The minimum absolute atomic E-state index is 0. The van der Waals surface area contributed by atoms with E-state index in [-0.39, 0.29) is 96.8 Å². The van der Waals surface area contributed by atoms with Gasteiger partial charge in [-0.1, -0.05) is 85.5 Å². The summed E-state index contributed by atoms with van der Waals surface area (Å²) < 4.78 is 16.5. The van der Waals surface area contributed by atoms with Crippen molar-refractivity contribution < 1.29 is 55.3 Å². The number of carbonyl (C=O) groups excluding carboxylic acids is 5. The molecule has 2 fully saturated rings. The third-order valence-corrected chi connectivity index (χ3v) is 10.2. The fourth-order valence-electron chi connectivity index (χ4n) is 7.34. The minimum atomic E-state index is -0.472. The summed E-state index contributed by atoms with van der Waals surface area (Å²) in [6.07, 6.45) is 14.0. The van der Waals surface area contributed by atoms with Crippen molar-refractivity contribution in [3.63, 3.8) is 0 Å². The van der Waals surface area contributed by atoms with Gasteiger partial charge in [-0.2, -0.15) is 0 Å². The first-order valence-electron chi connectivity index (χ1n) is 19.1. The van der Waals surface area contributed by atoms with Crippen molar-refractivity contribution >= 4 is 29.7 Å². The molecular weight excluding hydrogens is 694 g/mol. The van der Waals surface area contributed by atoms with Gasteiger partial charge in [0.15, 0.2) is 0 Å². The fraction of sp³-hybridized carbons (Fsp3) is 0.872. The molecule has 0 aliphatic heterocycles. The van der Waals surface area contributed by atoms with Crippen molar-refractivity contribution in [1.29, 1.82) is 0 Å². The van der Waals surface area contributed by atoms with E-state index in [1.165, 1.54) is 37.0 Å². The zero-order chi connectivity index (χ0) is 37.8. The maximum Gasteiger partial charge on any atom is 0.309 e. The van der Waals surface area contributed by atoms with Crippen LogP contribution in [0, 0.1) is 41.4 Å². The number of hydrogen-bond donors (Lipinski definition) is 0. The van der Waals surface area contributed by atoms with Crippen molar-refractivity contribution in [2.24, 2.45) is 41.4 Å². The molecule has 0 radical (unpaired) electrons. The number of nitrogens with zero attached hydrogens (tertiary/aromatic N) is 3. The average Bonchev–Trinajstić information content (AvgIpc) is 3.83. The summed E-state index contributed by atoms with van der Waals surface area (Å²) >= 11 is 0. The summed E-state index contributed by atoms with van der Waals surface area (Å²) in [5.41, 5.74) is 0. The summed E-state index contributed by atoms with van der Waals surface area (Å²) in [6, 6.07) is 0. The standard InChI is InChI=1S/C34H61N3O8.C5H10.Fe/c1-23(30(38)35(5)6)19-26(4)33(41)44-17-15-43-16-18-45-34(42)29(21-25(3)32(40)37(9)10)22-28(27-13-11-12-14-27)20-24(2)31(39)36(7)8;1-2-4-5-3-1;/h23-29H,11-22H2,1-10H3;1-5H2;. The van der Waals surface area contributed by atoms with Gasteiger partial charge in [0, 0.05) is 77.1 Å². The third-order valence-electron chi connectivity index (χ3n) is 10.2. The predicted octanol–water partition coefficient (Wildman–Crippen LogP) is 5.83. The van der Waals surface area contributed by atoms with Crippen LogP contribution in [0.1, 0.15) is 111 Å². The molecule has 298 valence electrons. The van der Waals surface area contributed by atoms with Crippen LogP contribution in [0.2, 0.25) is 0 Å². The van der Waals surface area contributed by atoms with Gasteiger partial charge in [-0.25, -0.2) is 0 Å². The normalized spacial score (nSPS) is 17.7. The number of esters is 2. The van der Waals surface area contributed by atoms with E-state index >= 15 is 0 Å². The molecule has 12 heteroatoms. The van der Waals surface area contributed by atoms with Crippen LogP contribution in [0.3, 0.4) is 0 Å². The van der Waals surface area contributed by atoms with Gasteiger partial charge in [0.25, 0.3) is 0 Å². The van der Waals surface area contributed by atoms with Crippen molar-refractivity contribution in [2.75, 3.05) is 68.7 Å². The third kappa shape index (κ3) is 19.5. The number of hydrogen-bond acceptors (Lipinski definition) is 8. The van der Waals surface area contributed by atoms with Crippen LogP contribution in [0.25, 0.3) is 0 Å². The number of amides is 3. The van der Waals surface area contributed by atoms with E-state index in [1.54, 1.807) is 65.9 Å². The van der Waals surface area contributed by atoms with Crippen LogP contribution in [0.15, 0.2) is 0 Å². The molecule has 2 aliphatic rings. The van der Waals surface area contributed by atoms with Gasteiger partial charge in [0.05, 0.1) is 25.0 Å². The zero-order valence-corrected chi connectivity index (χ0v) is 34.6. The second kappa shape index (κ2) is 26.6. The first kappa shape index (κ1) is 48.8. The quantitative estimate of drug-likeness (QED) is 0.0863. The van der Waals surface area contributed by atoms with Gasteiger partial charge in [-0.15, -0.1) is 0 Å². The summed E-state index contributed by atoms with van der Waals surface area (Å²) in [5.74, 6) is -1.76. The molecule has 0 spiro atoms. The van der Waals surface area contributed by atoms with E-state index in [2.05, 4.69) is 0 Å². The van der Waals surface area contributed by atoms with E-state index in [1.807, 2.05) is 13.8 Å². The Labute approximate surface area is 320 Å². The van der Waals surface area contributed by atoms with Gasteiger partial charge in [-0.05, 0) is 37.5 Å². The van der Waals surface area contributed by atoms with Gasteiger partial charge in [0.1, 0.15) is 13.2 Å². The van der Waals surface area contributed by atoms with Crippen LogP contribution < -0.4 is 0 Å². The van der Waals surface area contributed by atoms with E-state index in [4.69, 9.17) is 14.2 Å².